The standard InChI is InChI=1S/C30H32BrN3O2/c1-22(2)19-34(30(36)24-12-14-26(31)15-13-24)21-29(35)33(20-23-8-4-3-5-9-23)17-16-25-18-32-28-11-7-6-10-27(25)28/h3-15,18,22,32H,16-17,19-21H2,1-2H3. The number of fused-ring (bicyclic) bond motifs is 1. The normalized spacial score (nSPS) is 11.1. The van der Waals surface area contributed by atoms with Crippen molar-refractivity contribution < 1.29 is 9.59 Å². The number of carbonyl (C=O) groups excluding carboxylic acids is 2. The summed E-state index contributed by atoms with van der Waals surface area (Å²) >= 11 is 3.42. The molecule has 0 bridgehead atoms. The van der Waals surface area contributed by atoms with E-state index >= 15 is 0 Å². The van der Waals surface area contributed by atoms with E-state index in [9.17, 15) is 9.59 Å². The molecule has 0 atom stereocenters. The Labute approximate surface area is 221 Å². The van der Waals surface area contributed by atoms with E-state index in [0.717, 1.165) is 22.0 Å². The molecule has 0 aliphatic rings. The lowest BCUT2D eigenvalue weighted by atomic mass is 10.1. The molecule has 0 aliphatic carbocycles. The molecule has 1 heterocycles. The number of H-pyrrole nitrogens is 1. The van der Waals surface area contributed by atoms with Crippen molar-refractivity contribution in [3.8, 4) is 0 Å². The molecule has 3 aromatic carbocycles. The Morgan fingerprint density at radius 2 is 1.58 bits per heavy atom. The third-order valence-electron chi connectivity index (χ3n) is 6.18. The van der Waals surface area contributed by atoms with Crippen LogP contribution in [0.3, 0.4) is 0 Å². The second-order valence-corrected chi connectivity index (χ2v) is 10.4. The third-order valence-corrected chi connectivity index (χ3v) is 6.71. The van der Waals surface area contributed by atoms with Crippen molar-refractivity contribution in [1.29, 1.82) is 0 Å². The average Bonchev–Trinajstić information content (AvgIpc) is 3.29. The van der Waals surface area contributed by atoms with Crippen molar-refractivity contribution in [2.45, 2.75) is 26.8 Å². The first-order valence-electron chi connectivity index (χ1n) is 12.3. The van der Waals surface area contributed by atoms with Crippen LogP contribution in [0.15, 0.2) is 89.5 Å². The van der Waals surface area contributed by atoms with Crippen molar-refractivity contribution in [1.82, 2.24) is 14.8 Å². The highest BCUT2D eigenvalue weighted by Crippen LogP contribution is 2.19. The van der Waals surface area contributed by atoms with Gasteiger partial charge < -0.3 is 14.8 Å². The van der Waals surface area contributed by atoms with E-state index < -0.39 is 0 Å². The fraction of sp³-hybridized carbons (Fsp3) is 0.267. The molecule has 1 aromatic heterocycles. The molecule has 5 nitrogen and oxygen atoms in total. The number of carbonyl (C=O) groups is 2. The zero-order chi connectivity index (χ0) is 25.5. The molecular formula is C30H32BrN3O2. The zero-order valence-electron chi connectivity index (χ0n) is 20.8. The Kier molecular flexibility index (Phi) is 8.60. The van der Waals surface area contributed by atoms with Gasteiger partial charge in [-0.1, -0.05) is 78.3 Å². The summed E-state index contributed by atoms with van der Waals surface area (Å²) in [6.45, 7) is 5.76. The van der Waals surface area contributed by atoms with E-state index in [-0.39, 0.29) is 24.3 Å². The van der Waals surface area contributed by atoms with Gasteiger partial charge in [-0.25, -0.2) is 0 Å². The zero-order valence-corrected chi connectivity index (χ0v) is 22.4. The number of aromatic nitrogens is 1. The summed E-state index contributed by atoms with van der Waals surface area (Å²) in [5, 5.41) is 1.18. The highest BCUT2D eigenvalue weighted by Gasteiger charge is 2.23. The quantitative estimate of drug-likeness (QED) is 0.254. The van der Waals surface area contributed by atoms with Gasteiger partial charge in [0.05, 0.1) is 0 Å². The maximum atomic E-state index is 13.7. The van der Waals surface area contributed by atoms with Crippen LogP contribution in [-0.4, -0.2) is 46.2 Å². The molecule has 0 spiro atoms. The number of hydrogen-bond donors (Lipinski definition) is 1. The van der Waals surface area contributed by atoms with Crippen LogP contribution < -0.4 is 0 Å². The van der Waals surface area contributed by atoms with Crippen LogP contribution in [0.4, 0.5) is 0 Å². The second kappa shape index (κ2) is 12.0. The minimum atomic E-state index is -0.124. The average molecular weight is 547 g/mol. The molecule has 0 aliphatic heterocycles. The van der Waals surface area contributed by atoms with Gasteiger partial charge in [-0.05, 0) is 53.8 Å². The number of rotatable bonds is 10. The summed E-state index contributed by atoms with van der Waals surface area (Å²) in [5.74, 6) is 0.0663. The number of amides is 2. The maximum Gasteiger partial charge on any atom is 0.254 e. The number of nitrogens with one attached hydrogen (secondary N) is 1. The topological polar surface area (TPSA) is 56.4 Å². The first kappa shape index (κ1) is 25.7. The van der Waals surface area contributed by atoms with Gasteiger partial charge in [0.15, 0.2) is 0 Å². The van der Waals surface area contributed by atoms with Gasteiger partial charge in [0, 0.05) is 46.8 Å². The fourth-order valence-electron chi connectivity index (χ4n) is 4.39. The Morgan fingerprint density at radius 1 is 0.889 bits per heavy atom. The summed E-state index contributed by atoms with van der Waals surface area (Å²) in [5.41, 5.74) is 3.93. The number of aromatic amines is 1. The number of benzene rings is 3. The Bertz CT molecular complexity index is 1300. The van der Waals surface area contributed by atoms with E-state index in [1.165, 1.54) is 10.9 Å². The molecule has 6 heteroatoms. The van der Waals surface area contributed by atoms with Crippen LogP contribution >= 0.6 is 15.9 Å². The molecule has 0 unspecified atom stereocenters. The Hall–Kier alpha value is -3.38. The summed E-state index contributed by atoms with van der Waals surface area (Å²) < 4.78 is 0.914. The van der Waals surface area contributed by atoms with Gasteiger partial charge in [-0.15, -0.1) is 0 Å². The first-order chi connectivity index (χ1) is 17.4. The predicted molar refractivity (Wildman–Crippen MR) is 149 cm³/mol. The maximum absolute atomic E-state index is 13.7. The van der Waals surface area contributed by atoms with Crippen LogP contribution in [0, 0.1) is 5.92 Å². The summed E-state index contributed by atoms with van der Waals surface area (Å²) in [4.78, 5) is 33.9. The van der Waals surface area contributed by atoms with Crippen molar-refractivity contribution in [3.05, 3.63) is 106 Å². The third kappa shape index (κ3) is 6.64. The van der Waals surface area contributed by atoms with E-state index in [1.54, 1.807) is 17.0 Å². The van der Waals surface area contributed by atoms with Crippen LogP contribution in [0.5, 0.6) is 0 Å². The van der Waals surface area contributed by atoms with E-state index in [4.69, 9.17) is 0 Å². The second-order valence-electron chi connectivity index (χ2n) is 9.50. The van der Waals surface area contributed by atoms with Gasteiger partial charge in [0.1, 0.15) is 6.54 Å². The molecule has 1 N–H and O–H groups in total. The molecule has 4 aromatic rings. The van der Waals surface area contributed by atoms with Crippen molar-refractivity contribution >= 4 is 38.6 Å². The summed E-state index contributed by atoms with van der Waals surface area (Å²) in [6.07, 6.45) is 2.76. The molecule has 0 saturated heterocycles. The van der Waals surface area contributed by atoms with E-state index in [2.05, 4.69) is 46.9 Å². The largest absolute Gasteiger partial charge is 0.361 e. The fourth-order valence-corrected chi connectivity index (χ4v) is 4.65. The molecule has 0 fully saturated rings. The van der Waals surface area contributed by atoms with Crippen LogP contribution in [0.2, 0.25) is 0 Å². The smallest absolute Gasteiger partial charge is 0.254 e. The molecule has 2 amide bonds. The lowest BCUT2D eigenvalue weighted by molar-refractivity contribution is -0.132. The predicted octanol–water partition coefficient (Wildman–Crippen LogP) is 6.30. The van der Waals surface area contributed by atoms with Gasteiger partial charge >= 0.3 is 0 Å². The lowest BCUT2D eigenvalue weighted by Crippen LogP contribution is -2.44. The molecule has 4 rings (SSSR count). The van der Waals surface area contributed by atoms with Gasteiger partial charge in [-0.2, -0.15) is 0 Å². The molecular weight excluding hydrogens is 514 g/mol. The molecule has 0 radical (unpaired) electrons. The molecule has 186 valence electrons. The van der Waals surface area contributed by atoms with Gasteiger partial charge in [-0.3, -0.25) is 9.59 Å². The first-order valence-corrected chi connectivity index (χ1v) is 13.1. The monoisotopic (exact) mass is 545 g/mol. The van der Waals surface area contributed by atoms with Gasteiger partial charge in [0.2, 0.25) is 5.91 Å². The van der Waals surface area contributed by atoms with Crippen LogP contribution in [0.1, 0.15) is 35.3 Å². The lowest BCUT2D eigenvalue weighted by Gasteiger charge is -2.29. The number of hydrogen-bond acceptors (Lipinski definition) is 2. The molecule has 36 heavy (non-hydrogen) atoms. The Morgan fingerprint density at radius 3 is 2.31 bits per heavy atom. The minimum Gasteiger partial charge on any atom is -0.361 e. The van der Waals surface area contributed by atoms with E-state index in [1.807, 2.05) is 65.7 Å². The van der Waals surface area contributed by atoms with Crippen molar-refractivity contribution in [3.63, 3.8) is 0 Å². The number of halogens is 1. The highest BCUT2D eigenvalue weighted by atomic mass is 79.9. The summed E-state index contributed by atoms with van der Waals surface area (Å²) in [6, 6.07) is 25.5. The summed E-state index contributed by atoms with van der Waals surface area (Å²) in [7, 11) is 0. The van der Waals surface area contributed by atoms with Gasteiger partial charge in [0.25, 0.3) is 5.91 Å². The Balaban J connectivity index is 1.53. The van der Waals surface area contributed by atoms with Crippen LogP contribution in [-0.2, 0) is 17.8 Å². The van der Waals surface area contributed by atoms with Crippen molar-refractivity contribution in [2.24, 2.45) is 5.92 Å². The number of para-hydroxylation sites is 1. The van der Waals surface area contributed by atoms with Crippen LogP contribution in [0.25, 0.3) is 10.9 Å². The van der Waals surface area contributed by atoms with E-state index in [0.29, 0.717) is 25.2 Å². The highest BCUT2D eigenvalue weighted by molar-refractivity contribution is 9.10. The van der Waals surface area contributed by atoms with Crippen molar-refractivity contribution in [2.75, 3.05) is 19.6 Å². The SMILES string of the molecule is CC(C)CN(CC(=O)N(CCc1c[nH]c2ccccc12)Cc1ccccc1)C(=O)c1ccc(Br)cc1. The minimum absolute atomic E-state index is 0.0494. The number of nitrogens with zero attached hydrogens (tertiary/aromatic N) is 2. The molecule has 0 saturated carbocycles.